The van der Waals surface area contributed by atoms with Crippen LogP contribution in [0, 0.1) is 0 Å². The lowest BCUT2D eigenvalue weighted by atomic mass is 9.95. The van der Waals surface area contributed by atoms with Gasteiger partial charge in [-0.1, -0.05) is 36.4 Å². The third-order valence-corrected chi connectivity index (χ3v) is 6.97. The van der Waals surface area contributed by atoms with Gasteiger partial charge in [-0.25, -0.2) is 4.79 Å². The van der Waals surface area contributed by atoms with Crippen LogP contribution >= 0.6 is 0 Å². The quantitative estimate of drug-likeness (QED) is 0.715. The van der Waals surface area contributed by atoms with Crippen molar-refractivity contribution in [1.82, 2.24) is 9.80 Å². The summed E-state index contributed by atoms with van der Waals surface area (Å²) in [5.41, 5.74) is 2.16. The molecule has 1 spiro atoms. The summed E-state index contributed by atoms with van der Waals surface area (Å²) in [5, 5.41) is 0. The predicted molar refractivity (Wildman–Crippen MR) is 125 cm³/mol. The number of hydrogen-bond acceptors (Lipinski definition) is 5. The van der Waals surface area contributed by atoms with E-state index in [0.717, 1.165) is 62.5 Å². The molecule has 7 heteroatoms. The van der Waals surface area contributed by atoms with Gasteiger partial charge in [0.15, 0.2) is 0 Å². The first-order valence-corrected chi connectivity index (χ1v) is 11.9. The van der Waals surface area contributed by atoms with Crippen LogP contribution in [0.15, 0.2) is 54.6 Å². The van der Waals surface area contributed by atoms with E-state index in [1.165, 1.54) is 0 Å². The molecule has 0 aliphatic carbocycles. The van der Waals surface area contributed by atoms with E-state index in [0.29, 0.717) is 26.1 Å². The second kappa shape index (κ2) is 9.53. The molecule has 2 aromatic carbocycles. The van der Waals surface area contributed by atoms with E-state index in [1.807, 2.05) is 53.4 Å². The van der Waals surface area contributed by atoms with Crippen LogP contribution in [0.2, 0.25) is 0 Å². The molecule has 33 heavy (non-hydrogen) atoms. The van der Waals surface area contributed by atoms with Crippen LogP contribution in [0.1, 0.15) is 35.2 Å². The Morgan fingerprint density at radius 3 is 2.48 bits per heavy atom. The van der Waals surface area contributed by atoms with E-state index in [1.54, 1.807) is 4.90 Å². The van der Waals surface area contributed by atoms with Crippen molar-refractivity contribution in [2.75, 3.05) is 50.8 Å². The van der Waals surface area contributed by atoms with Gasteiger partial charge in [0.25, 0.3) is 5.91 Å². The zero-order valence-corrected chi connectivity index (χ0v) is 18.9. The number of carbonyl (C=O) groups excluding carboxylic acids is 2. The fraction of sp³-hybridized carbons (Fsp3) is 0.462. The second-order valence-corrected chi connectivity index (χ2v) is 9.16. The third kappa shape index (κ3) is 4.75. The van der Waals surface area contributed by atoms with E-state index < -0.39 is 5.60 Å². The lowest BCUT2D eigenvalue weighted by Crippen LogP contribution is -2.38. The number of amides is 2. The first kappa shape index (κ1) is 21.9. The molecule has 5 rings (SSSR count). The summed E-state index contributed by atoms with van der Waals surface area (Å²) < 4.78 is 11.4. The van der Waals surface area contributed by atoms with E-state index in [4.69, 9.17) is 9.47 Å². The molecule has 0 bridgehead atoms. The number of carbonyl (C=O) groups is 2. The summed E-state index contributed by atoms with van der Waals surface area (Å²) in [6.45, 7) is 5.80. The molecule has 0 N–H and O–H groups in total. The first-order valence-electron chi connectivity index (χ1n) is 11.9. The Hall–Kier alpha value is -2.90. The average Bonchev–Trinajstić information content (AvgIpc) is 3.04. The van der Waals surface area contributed by atoms with Crippen molar-refractivity contribution in [1.29, 1.82) is 0 Å². The van der Waals surface area contributed by atoms with Crippen molar-refractivity contribution < 1.29 is 19.1 Å². The van der Waals surface area contributed by atoms with Gasteiger partial charge in [0.1, 0.15) is 5.60 Å². The van der Waals surface area contributed by atoms with Gasteiger partial charge in [-0.05, 0) is 36.6 Å². The molecule has 2 aromatic rings. The summed E-state index contributed by atoms with van der Waals surface area (Å²) >= 11 is 0. The highest BCUT2D eigenvalue weighted by Gasteiger charge is 2.46. The summed E-state index contributed by atoms with van der Waals surface area (Å²) in [6, 6.07) is 17.6. The number of para-hydroxylation sites is 1. The normalized spacial score (nSPS) is 24.1. The van der Waals surface area contributed by atoms with Crippen molar-refractivity contribution in [2.45, 2.75) is 31.4 Å². The second-order valence-electron chi connectivity index (χ2n) is 9.16. The zero-order chi connectivity index (χ0) is 22.7. The number of morpholine rings is 1. The summed E-state index contributed by atoms with van der Waals surface area (Å²) in [7, 11) is 0. The molecule has 0 saturated carbocycles. The Labute approximate surface area is 194 Å². The highest BCUT2D eigenvalue weighted by atomic mass is 16.6. The van der Waals surface area contributed by atoms with E-state index in [9.17, 15) is 9.59 Å². The summed E-state index contributed by atoms with van der Waals surface area (Å²) in [4.78, 5) is 32.2. The monoisotopic (exact) mass is 449 g/mol. The van der Waals surface area contributed by atoms with Gasteiger partial charge in [0, 0.05) is 50.4 Å². The van der Waals surface area contributed by atoms with Crippen LogP contribution in [0.4, 0.5) is 10.5 Å². The summed E-state index contributed by atoms with van der Waals surface area (Å²) in [6.07, 6.45) is 1.94. The molecular formula is C26H31N3O4. The third-order valence-electron chi connectivity index (χ3n) is 6.97. The Bertz CT molecular complexity index is 992. The Morgan fingerprint density at radius 1 is 0.909 bits per heavy atom. The Balaban J connectivity index is 1.27. The van der Waals surface area contributed by atoms with Crippen LogP contribution in [-0.2, 0) is 16.0 Å². The molecule has 0 aromatic heterocycles. The van der Waals surface area contributed by atoms with Crippen molar-refractivity contribution in [3.8, 4) is 0 Å². The van der Waals surface area contributed by atoms with Crippen LogP contribution in [0.5, 0.6) is 0 Å². The van der Waals surface area contributed by atoms with Crippen molar-refractivity contribution in [2.24, 2.45) is 0 Å². The maximum absolute atomic E-state index is 13.5. The number of nitrogens with zero attached hydrogens (tertiary/aromatic N) is 3. The maximum Gasteiger partial charge on any atom is 0.415 e. The maximum atomic E-state index is 13.5. The molecule has 1 atom stereocenters. The van der Waals surface area contributed by atoms with E-state index in [-0.39, 0.29) is 12.0 Å². The van der Waals surface area contributed by atoms with Gasteiger partial charge in [-0.3, -0.25) is 14.6 Å². The molecule has 174 valence electrons. The zero-order valence-electron chi connectivity index (χ0n) is 18.9. The molecule has 7 nitrogen and oxygen atoms in total. The molecule has 2 amide bonds. The standard InChI is InChI=1S/C26H31N3O4/c30-24(23-10-5-4-7-21(23)19-27-15-17-32-18-16-27)28-13-6-11-26(12-14-28)20-29(25(31)33-26)22-8-2-1-3-9-22/h1-5,7-10H,6,11-20H2. The lowest BCUT2D eigenvalue weighted by molar-refractivity contribution is 0.0339. The fourth-order valence-electron chi connectivity index (χ4n) is 5.10. The number of anilines is 1. The van der Waals surface area contributed by atoms with Crippen molar-refractivity contribution in [3.63, 3.8) is 0 Å². The minimum Gasteiger partial charge on any atom is -0.441 e. The lowest BCUT2D eigenvalue weighted by Gasteiger charge is -2.28. The van der Waals surface area contributed by atoms with Gasteiger partial charge in [0.05, 0.1) is 19.8 Å². The van der Waals surface area contributed by atoms with Gasteiger partial charge < -0.3 is 14.4 Å². The molecule has 3 aliphatic heterocycles. The van der Waals surface area contributed by atoms with Crippen molar-refractivity contribution >= 4 is 17.7 Å². The molecular weight excluding hydrogens is 418 g/mol. The minimum absolute atomic E-state index is 0.0696. The predicted octanol–water partition coefficient (Wildman–Crippen LogP) is 3.54. The molecule has 0 radical (unpaired) electrons. The highest BCUT2D eigenvalue weighted by Crippen LogP contribution is 2.36. The van der Waals surface area contributed by atoms with E-state index in [2.05, 4.69) is 11.0 Å². The van der Waals surface area contributed by atoms with Crippen LogP contribution in [-0.4, -0.2) is 73.3 Å². The molecule has 3 heterocycles. The topological polar surface area (TPSA) is 62.3 Å². The number of likely N-dealkylation sites (tertiary alicyclic amines) is 1. The number of hydrogen-bond donors (Lipinski definition) is 0. The molecule has 3 saturated heterocycles. The largest absolute Gasteiger partial charge is 0.441 e. The molecule has 3 aliphatic rings. The Kier molecular flexibility index (Phi) is 6.33. The van der Waals surface area contributed by atoms with Crippen molar-refractivity contribution in [3.05, 3.63) is 65.7 Å². The van der Waals surface area contributed by atoms with Gasteiger partial charge in [-0.2, -0.15) is 0 Å². The number of benzene rings is 2. The van der Waals surface area contributed by atoms with Crippen LogP contribution in [0.25, 0.3) is 0 Å². The SMILES string of the molecule is O=C(c1ccccc1CN1CCOCC1)N1CCCC2(CC1)CN(c1ccccc1)C(=O)O2. The summed E-state index contributed by atoms with van der Waals surface area (Å²) in [5.74, 6) is 0.0696. The van der Waals surface area contributed by atoms with Crippen LogP contribution < -0.4 is 4.90 Å². The molecule has 1 unspecified atom stereocenters. The minimum atomic E-state index is -0.532. The smallest absolute Gasteiger partial charge is 0.415 e. The number of ether oxygens (including phenoxy) is 2. The first-order chi connectivity index (χ1) is 16.1. The van der Waals surface area contributed by atoms with Crippen LogP contribution in [0.3, 0.4) is 0 Å². The highest BCUT2D eigenvalue weighted by molar-refractivity contribution is 5.96. The van der Waals surface area contributed by atoms with Gasteiger partial charge >= 0.3 is 6.09 Å². The van der Waals surface area contributed by atoms with E-state index >= 15 is 0 Å². The average molecular weight is 450 g/mol. The fourth-order valence-corrected chi connectivity index (χ4v) is 5.10. The van der Waals surface area contributed by atoms with Gasteiger partial charge in [0.2, 0.25) is 0 Å². The Morgan fingerprint density at radius 2 is 1.67 bits per heavy atom. The molecule has 3 fully saturated rings. The van der Waals surface area contributed by atoms with Gasteiger partial charge in [-0.15, -0.1) is 0 Å². The number of rotatable bonds is 4.